The summed E-state index contributed by atoms with van der Waals surface area (Å²) in [5.41, 5.74) is -1.06. The van der Waals surface area contributed by atoms with Gasteiger partial charge in [0.25, 0.3) is 5.91 Å². The van der Waals surface area contributed by atoms with Gasteiger partial charge in [0.05, 0.1) is 12.0 Å². The molecule has 2 aliphatic rings. The molecular formula is C15H13F3N2O3. The molecule has 1 N–H and O–H groups in total. The fourth-order valence-corrected chi connectivity index (χ4v) is 2.66. The lowest BCUT2D eigenvalue weighted by molar-refractivity contribution is -0.137. The second-order valence-corrected chi connectivity index (χ2v) is 5.65. The van der Waals surface area contributed by atoms with Crippen LogP contribution in [0.5, 0.6) is 0 Å². The van der Waals surface area contributed by atoms with E-state index in [0.717, 1.165) is 18.2 Å². The third kappa shape index (κ3) is 3.06. The largest absolute Gasteiger partial charge is 0.416 e. The van der Waals surface area contributed by atoms with Gasteiger partial charge in [-0.25, -0.2) is 0 Å². The van der Waals surface area contributed by atoms with Gasteiger partial charge in [-0.3, -0.25) is 19.7 Å². The van der Waals surface area contributed by atoms with Crippen molar-refractivity contribution in [2.45, 2.75) is 37.5 Å². The summed E-state index contributed by atoms with van der Waals surface area (Å²) >= 11 is 0. The number of benzene rings is 1. The number of carbonyl (C=O) groups is 3. The molecule has 1 heterocycles. The standard InChI is InChI=1S/C15H13F3N2O3/c16-15(17,18)9-3-1-2-8(6-9)14(23)20(10-4-5-10)11-7-12(21)19-13(11)22/h1-3,6,10-11H,4-5,7H2,(H,19,21,22). The van der Waals surface area contributed by atoms with Crippen LogP contribution < -0.4 is 5.32 Å². The van der Waals surface area contributed by atoms with Crippen LogP contribution in [0.3, 0.4) is 0 Å². The Hall–Kier alpha value is -2.38. The van der Waals surface area contributed by atoms with E-state index in [1.165, 1.54) is 11.0 Å². The van der Waals surface area contributed by atoms with Gasteiger partial charge in [-0.15, -0.1) is 0 Å². The van der Waals surface area contributed by atoms with Crippen LogP contribution in [-0.4, -0.2) is 34.7 Å². The normalized spacial score (nSPS) is 21.3. The predicted octanol–water partition coefficient (Wildman–Crippen LogP) is 1.73. The van der Waals surface area contributed by atoms with Crippen LogP contribution in [0.1, 0.15) is 35.2 Å². The van der Waals surface area contributed by atoms with Gasteiger partial charge in [0.1, 0.15) is 6.04 Å². The summed E-state index contributed by atoms with van der Waals surface area (Å²) in [5, 5.41) is 2.12. The van der Waals surface area contributed by atoms with Crippen LogP contribution in [0, 0.1) is 0 Å². The minimum Gasteiger partial charge on any atom is -0.323 e. The molecule has 0 spiro atoms. The maximum absolute atomic E-state index is 12.8. The summed E-state index contributed by atoms with van der Waals surface area (Å²) in [7, 11) is 0. The number of nitrogens with one attached hydrogen (secondary N) is 1. The van der Waals surface area contributed by atoms with Crippen molar-refractivity contribution in [3.8, 4) is 0 Å². The molecule has 2 fully saturated rings. The molecular weight excluding hydrogens is 313 g/mol. The van der Waals surface area contributed by atoms with E-state index in [1.54, 1.807) is 0 Å². The molecule has 1 aromatic rings. The fraction of sp³-hybridized carbons (Fsp3) is 0.400. The summed E-state index contributed by atoms with van der Waals surface area (Å²) in [4.78, 5) is 37.0. The van der Waals surface area contributed by atoms with Crippen LogP contribution in [0.2, 0.25) is 0 Å². The number of imide groups is 1. The van der Waals surface area contributed by atoms with Crippen molar-refractivity contribution in [1.82, 2.24) is 10.2 Å². The van der Waals surface area contributed by atoms with Gasteiger partial charge in [0.15, 0.2) is 0 Å². The SMILES string of the molecule is O=C1CC(N(C(=O)c2cccc(C(F)(F)F)c2)C2CC2)C(=O)N1. The Morgan fingerprint density at radius 1 is 1.22 bits per heavy atom. The van der Waals surface area contributed by atoms with E-state index in [4.69, 9.17) is 0 Å². The van der Waals surface area contributed by atoms with E-state index in [0.29, 0.717) is 12.8 Å². The van der Waals surface area contributed by atoms with Gasteiger partial charge in [-0.2, -0.15) is 13.2 Å². The van der Waals surface area contributed by atoms with Gasteiger partial charge in [-0.05, 0) is 31.0 Å². The van der Waals surface area contributed by atoms with Crippen LogP contribution in [-0.2, 0) is 15.8 Å². The zero-order valence-corrected chi connectivity index (χ0v) is 11.9. The van der Waals surface area contributed by atoms with Gasteiger partial charge < -0.3 is 4.90 Å². The van der Waals surface area contributed by atoms with E-state index < -0.39 is 35.5 Å². The van der Waals surface area contributed by atoms with Crippen molar-refractivity contribution in [3.05, 3.63) is 35.4 Å². The molecule has 0 bridgehead atoms. The first-order chi connectivity index (χ1) is 10.8. The van der Waals surface area contributed by atoms with Crippen molar-refractivity contribution < 1.29 is 27.6 Å². The van der Waals surface area contributed by atoms with Gasteiger partial charge >= 0.3 is 6.18 Å². The average Bonchev–Trinajstić information content (AvgIpc) is 3.24. The summed E-state index contributed by atoms with van der Waals surface area (Å²) < 4.78 is 38.4. The molecule has 1 saturated heterocycles. The minimum absolute atomic E-state index is 0.140. The first-order valence-corrected chi connectivity index (χ1v) is 7.11. The molecule has 1 aliphatic carbocycles. The summed E-state index contributed by atoms with van der Waals surface area (Å²) in [5.74, 6) is -1.72. The molecule has 23 heavy (non-hydrogen) atoms. The molecule has 3 amide bonds. The molecule has 0 radical (unpaired) electrons. The minimum atomic E-state index is -4.55. The maximum atomic E-state index is 12.8. The average molecular weight is 326 g/mol. The van der Waals surface area contributed by atoms with E-state index in [-0.39, 0.29) is 18.0 Å². The first kappa shape index (κ1) is 15.5. The second-order valence-electron chi connectivity index (χ2n) is 5.65. The van der Waals surface area contributed by atoms with E-state index >= 15 is 0 Å². The van der Waals surface area contributed by atoms with Gasteiger partial charge in [0.2, 0.25) is 11.8 Å². The van der Waals surface area contributed by atoms with E-state index in [1.807, 2.05) is 0 Å². The number of alkyl halides is 3. The zero-order valence-electron chi connectivity index (χ0n) is 11.9. The van der Waals surface area contributed by atoms with E-state index in [2.05, 4.69) is 5.32 Å². The molecule has 0 aromatic heterocycles. The lowest BCUT2D eigenvalue weighted by Gasteiger charge is -2.27. The summed E-state index contributed by atoms with van der Waals surface area (Å²) in [6.45, 7) is 0. The number of nitrogens with zero attached hydrogens (tertiary/aromatic N) is 1. The number of amides is 3. The molecule has 122 valence electrons. The van der Waals surface area contributed by atoms with Crippen molar-refractivity contribution in [1.29, 1.82) is 0 Å². The lowest BCUT2D eigenvalue weighted by Crippen LogP contribution is -2.46. The third-order valence-corrected chi connectivity index (χ3v) is 3.89. The van der Waals surface area contributed by atoms with Gasteiger partial charge in [-0.1, -0.05) is 6.07 Å². The van der Waals surface area contributed by atoms with Crippen molar-refractivity contribution >= 4 is 17.7 Å². The third-order valence-electron chi connectivity index (χ3n) is 3.89. The zero-order chi connectivity index (χ0) is 16.8. The van der Waals surface area contributed by atoms with Crippen LogP contribution in [0.25, 0.3) is 0 Å². The molecule has 1 unspecified atom stereocenters. The smallest absolute Gasteiger partial charge is 0.323 e. The molecule has 5 nitrogen and oxygen atoms in total. The van der Waals surface area contributed by atoms with Crippen molar-refractivity contribution in [2.24, 2.45) is 0 Å². The topological polar surface area (TPSA) is 66.5 Å². The molecule has 1 atom stereocenters. The quantitative estimate of drug-likeness (QED) is 0.860. The van der Waals surface area contributed by atoms with Gasteiger partial charge in [0, 0.05) is 11.6 Å². The highest BCUT2D eigenvalue weighted by Crippen LogP contribution is 2.34. The Bertz CT molecular complexity index is 683. The molecule has 1 aromatic carbocycles. The Balaban J connectivity index is 1.91. The van der Waals surface area contributed by atoms with E-state index in [9.17, 15) is 27.6 Å². The molecule has 3 rings (SSSR count). The lowest BCUT2D eigenvalue weighted by atomic mass is 10.1. The second kappa shape index (κ2) is 5.36. The Labute approximate surface area is 129 Å². The Morgan fingerprint density at radius 2 is 1.91 bits per heavy atom. The van der Waals surface area contributed by atoms with Crippen molar-refractivity contribution in [2.75, 3.05) is 0 Å². The highest BCUT2D eigenvalue weighted by atomic mass is 19.4. The maximum Gasteiger partial charge on any atom is 0.416 e. The Morgan fingerprint density at radius 3 is 2.43 bits per heavy atom. The summed E-state index contributed by atoms with van der Waals surface area (Å²) in [6, 6.07) is 2.93. The Kier molecular flexibility index (Phi) is 3.62. The first-order valence-electron chi connectivity index (χ1n) is 7.11. The number of hydrogen-bond acceptors (Lipinski definition) is 3. The fourth-order valence-electron chi connectivity index (χ4n) is 2.66. The van der Waals surface area contributed by atoms with Crippen LogP contribution >= 0.6 is 0 Å². The van der Waals surface area contributed by atoms with Crippen LogP contribution in [0.15, 0.2) is 24.3 Å². The highest BCUT2D eigenvalue weighted by molar-refractivity contribution is 6.08. The molecule has 1 aliphatic heterocycles. The monoisotopic (exact) mass is 326 g/mol. The number of carbonyl (C=O) groups excluding carboxylic acids is 3. The van der Waals surface area contributed by atoms with Crippen molar-refractivity contribution in [3.63, 3.8) is 0 Å². The molecule has 1 saturated carbocycles. The number of halogens is 3. The molecule has 8 heteroatoms. The van der Waals surface area contributed by atoms with Crippen LogP contribution in [0.4, 0.5) is 13.2 Å². The highest BCUT2D eigenvalue weighted by Gasteiger charge is 2.45. The number of rotatable bonds is 3. The predicted molar refractivity (Wildman–Crippen MR) is 72.2 cm³/mol. The summed E-state index contributed by atoms with van der Waals surface area (Å²) in [6.07, 6.45) is -3.37. The number of hydrogen-bond donors (Lipinski definition) is 1.